The number of nitrogens with zero attached hydrogens (tertiary/aromatic N) is 3. The molecule has 1 aliphatic heterocycles. The average Bonchev–Trinajstić information content (AvgIpc) is 1.98. The molecule has 2 aliphatic rings. The Morgan fingerprint density at radius 1 is 0.779 bits per heavy atom. The Bertz CT molecular complexity index is 2880. The second-order valence-corrected chi connectivity index (χ2v) is 23.5. The molecule has 1 fully saturated rings. The minimum absolute atomic E-state index is 0.00955. The number of primary amides is 1. The van der Waals surface area contributed by atoms with Gasteiger partial charge in [-0.25, -0.2) is 18.4 Å². The summed E-state index contributed by atoms with van der Waals surface area (Å²) in [4.78, 5) is 131. The Morgan fingerprint density at radius 3 is 2.10 bits per heavy atom. The number of carbonyl (C=O) groups excluding carboxylic acids is 9. The number of benzene rings is 2. The molecule has 1 saturated carbocycles. The molecule has 7 atom stereocenters. The molecule has 470 valence electrons. The SMILES string of the molecule is CC(C)[C@H](NC(=O)CCCCCN1C(=O)C=CC1=O)C(=O)NC(CCCNC(N)=O)C(=O)NC(CCCCNC(=O)C1CCC(NC(=O)C(N)CCN(C(=O)CO)C(c2cc(-c3cc(F)ccc3F)cn2Cc2ccccc2)C(C)(C)C)C1)C(=O)O. The zero-order valence-electron chi connectivity index (χ0n) is 49.7. The first-order valence-electron chi connectivity index (χ1n) is 29.4. The van der Waals surface area contributed by atoms with E-state index >= 15 is 4.39 Å². The standard InChI is InChI=1S/C61H85F2N11O12/c1-37(2)53(71-49(76)19-10-7-13-29-73-50(77)24-25-51(73)78)58(83)69-46(18-14-28-67-60(65)86)57(82)70-47(59(84)85)17-11-12-27-66-55(80)39-20-22-42(31-39)68-56(81)45(64)26-30-74(52(79)36-75)54(61(3,4)5)48-32-40(43-33-41(62)21-23-44(43)63)35-72(48)34-38-15-8-6-9-16-38/h6,8-9,15-16,21,23-25,32-33,35,37,39,42,45-47,53-54,75H,7,10-14,17-20,22,26-31,34,36,64H2,1-5H3,(H,66,80)(H,68,81)(H,69,83)(H,70,82)(H,71,76)(H,84,85)(H3,65,67,86)/t39?,42?,45?,46?,47?,53-,54?/m0/s1. The van der Waals surface area contributed by atoms with Gasteiger partial charge >= 0.3 is 12.0 Å². The molecule has 5 rings (SSSR count). The molecular weight excluding hydrogens is 1120 g/mol. The summed E-state index contributed by atoms with van der Waals surface area (Å²) in [6.07, 6.45) is 7.52. The van der Waals surface area contributed by atoms with E-state index in [9.17, 15) is 62.5 Å². The van der Waals surface area contributed by atoms with Crippen LogP contribution in [0.3, 0.4) is 0 Å². The molecule has 3 aromatic rings. The number of unbranched alkanes of at least 4 members (excludes halogenated alkanes) is 3. The number of halogens is 2. The van der Waals surface area contributed by atoms with Gasteiger partial charge in [-0.1, -0.05) is 71.4 Å². The number of aliphatic carboxylic acids is 1. The minimum atomic E-state index is -1.38. The van der Waals surface area contributed by atoms with Crippen molar-refractivity contribution in [2.75, 3.05) is 32.8 Å². The van der Waals surface area contributed by atoms with Crippen molar-refractivity contribution in [2.24, 2.45) is 28.7 Å². The highest BCUT2D eigenvalue weighted by Crippen LogP contribution is 2.41. The number of nitrogens with two attached hydrogens (primary N) is 2. The van der Waals surface area contributed by atoms with Crippen LogP contribution in [0, 0.1) is 28.9 Å². The predicted octanol–water partition coefficient (Wildman–Crippen LogP) is 3.81. The molecule has 10 amide bonds. The quantitative estimate of drug-likeness (QED) is 0.0301. The number of carboxylic acids is 1. The first kappa shape index (κ1) is 68.7. The molecular formula is C61H85F2N11O12. The molecule has 12 N–H and O–H groups in total. The lowest BCUT2D eigenvalue weighted by Crippen LogP contribution is -2.57. The summed E-state index contributed by atoms with van der Waals surface area (Å²) in [6.45, 7) is 8.98. The molecule has 86 heavy (non-hydrogen) atoms. The average molecular weight is 1200 g/mol. The van der Waals surface area contributed by atoms with Gasteiger partial charge in [0, 0.05) is 86.3 Å². The van der Waals surface area contributed by atoms with Crippen molar-refractivity contribution in [1.29, 1.82) is 0 Å². The molecule has 6 unspecified atom stereocenters. The maximum absolute atomic E-state index is 15.2. The second kappa shape index (κ2) is 33.0. The van der Waals surface area contributed by atoms with E-state index in [1.165, 1.54) is 17.1 Å². The van der Waals surface area contributed by atoms with E-state index in [2.05, 4.69) is 31.9 Å². The number of aliphatic hydroxyl groups excluding tert-OH is 1. The summed E-state index contributed by atoms with van der Waals surface area (Å²) >= 11 is 0. The van der Waals surface area contributed by atoms with E-state index in [1.54, 1.807) is 26.1 Å². The van der Waals surface area contributed by atoms with Gasteiger partial charge in [0.25, 0.3) is 11.8 Å². The van der Waals surface area contributed by atoms with Gasteiger partial charge in [-0.2, -0.15) is 0 Å². The van der Waals surface area contributed by atoms with Gasteiger partial charge in [-0.05, 0) is 112 Å². The number of amides is 10. The van der Waals surface area contributed by atoms with Crippen LogP contribution < -0.4 is 43.4 Å². The van der Waals surface area contributed by atoms with Crippen LogP contribution in [-0.2, 0) is 49.7 Å². The van der Waals surface area contributed by atoms with Crippen LogP contribution in [0.1, 0.15) is 135 Å². The van der Waals surface area contributed by atoms with Gasteiger partial charge in [0.15, 0.2) is 0 Å². The van der Waals surface area contributed by atoms with Crippen molar-refractivity contribution in [3.63, 3.8) is 0 Å². The second-order valence-electron chi connectivity index (χ2n) is 23.5. The summed E-state index contributed by atoms with van der Waals surface area (Å²) in [6, 6.07) is 7.59. The van der Waals surface area contributed by atoms with Crippen LogP contribution in [0.15, 0.2) is 72.9 Å². The van der Waals surface area contributed by atoms with E-state index in [0.717, 1.165) is 28.7 Å². The third-order valence-corrected chi connectivity index (χ3v) is 15.3. The number of rotatable bonds is 34. The van der Waals surface area contributed by atoms with Gasteiger partial charge in [0.1, 0.15) is 36.4 Å². The molecule has 0 saturated heterocycles. The number of hydrogen-bond acceptors (Lipinski definition) is 12. The number of hydrogen-bond donors (Lipinski definition) is 10. The number of aliphatic hydroxyl groups is 1. The molecule has 2 heterocycles. The summed E-state index contributed by atoms with van der Waals surface area (Å²) < 4.78 is 31.6. The molecule has 0 spiro atoms. The fourth-order valence-electron chi connectivity index (χ4n) is 10.7. The van der Waals surface area contributed by atoms with Crippen LogP contribution in [0.4, 0.5) is 13.6 Å². The number of urea groups is 1. The van der Waals surface area contributed by atoms with Gasteiger partial charge < -0.3 is 63.0 Å². The maximum atomic E-state index is 15.2. The third-order valence-electron chi connectivity index (χ3n) is 15.3. The van der Waals surface area contributed by atoms with Crippen molar-refractivity contribution in [1.82, 2.24) is 46.3 Å². The highest BCUT2D eigenvalue weighted by Gasteiger charge is 2.39. The monoisotopic (exact) mass is 1200 g/mol. The number of imide groups is 1. The predicted molar refractivity (Wildman–Crippen MR) is 314 cm³/mol. The normalized spacial score (nSPS) is 16.7. The molecule has 1 aromatic heterocycles. The third kappa shape index (κ3) is 20.9. The van der Waals surface area contributed by atoms with Crippen molar-refractivity contribution in [3.05, 3.63) is 95.8 Å². The topological polar surface area (TPSA) is 347 Å². The Hall–Kier alpha value is -8.06. The largest absolute Gasteiger partial charge is 0.480 e. The zero-order valence-corrected chi connectivity index (χ0v) is 49.7. The van der Waals surface area contributed by atoms with E-state index < -0.39 is 119 Å². The first-order chi connectivity index (χ1) is 40.8. The lowest BCUT2D eigenvalue weighted by Gasteiger charge is -2.41. The van der Waals surface area contributed by atoms with Crippen molar-refractivity contribution >= 4 is 59.3 Å². The highest BCUT2D eigenvalue weighted by atomic mass is 19.1. The summed E-state index contributed by atoms with van der Waals surface area (Å²) in [7, 11) is 0. The fourth-order valence-corrected chi connectivity index (χ4v) is 10.7. The number of aromatic nitrogens is 1. The lowest BCUT2D eigenvalue weighted by molar-refractivity contribution is -0.142. The summed E-state index contributed by atoms with van der Waals surface area (Å²) in [5, 5.41) is 36.4. The molecule has 25 heteroatoms. The smallest absolute Gasteiger partial charge is 0.326 e. The van der Waals surface area contributed by atoms with Crippen molar-refractivity contribution < 1.29 is 66.9 Å². The molecule has 0 radical (unpaired) electrons. The Balaban J connectivity index is 1.10. The number of carboxylic acid groups (broad SMARTS) is 1. The van der Waals surface area contributed by atoms with Crippen molar-refractivity contribution in [3.8, 4) is 11.1 Å². The van der Waals surface area contributed by atoms with E-state index in [-0.39, 0.29) is 82.2 Å². The van der Waals surface area contributed by atoms with Crippen LogP contribution in [0.25, 0.3) is 11.1 Å². The van der Waals surface area contributed by atoms with E-state index in [4.69, 9.17) is 11.5 Å². The maximum Gasteiger partial charge on any atom is 0.326 e. The minimum Gasteiger partial charge on any atom is -0.480 e. The van der Waals surface area contributed by atoms with E-state index in [0.29, 0.717) is 62.7 Å². The van der Waals surface area contributed by atoms with Crippen LogP contribution in [-0.4, -0.2) is 147 Å². The molecule has 2 aromatic carbocycles. The summed E-state index contributed by atoms with van der Waals surface area (Å²) in [5.74, 6) is -7.59. The van der Waals surface area contributed by atoms with Gasteiger partial charge in [-0.3, -0.25) is 43.3 Å². The number of nitrogens with one attached hydrogen (secondary N) is 6. The Kier molecular flexibility index (Phi) is 26.4. The van der Waals surface area contributed by atoms with Gasteiger partial charge in [0.05, 0.1) is 12.1 Å². The van der Waals surface area contributed by atoms with Crippen molar-refractivity contribution in [2.45, 2.75) is 161 Å². The fraction of sp³-hybridized carbons (Fsp3) is 0.541. The summed E-state index contributed by atoms with van der Waals surface area (Å²) in [5.41, 5.74) is 12.9. The van der Waals surface area contributed by atoms with Crippen LogP contribution in [0.2, 0.25) is 0 Å². The first-order valence-corrected chi connectivity index (χ1v) is 29.4. The molecule has 0 bridgehead atoms. The van der Waals surface area contributed by atoms with Gasteiger partial charge in [0.2, 0.25) is 35.4 Å². The highest BCUT2D eigenvalue weighted by molar-refractivity contribution is 6.12. The van der Waals surface area contributed by atoms with Crippen LogP contribution >= 0.6 is 0 Å². The van der Waals surface area contributed by atoms with Crippen LogP contribution in [0.5, 0.6) is 0 Å². The molecule has 1 aliphatic carbocycles. The lowest BCUT2D eigenvalue weighted by atomic mass is 9.82. The Labute approximate surface area is 500 Å². The molecule has 23 nitrogen and oxygen atoms in total. The van der Waals surface area contributed by atoms with E-state index in [1.807, 2.05) is 55.7 Å². The number of carbonyl (C=O) groups is 10. The zero-order chi connectivity index (χ0) is 63.3. The van der Waals surface area contributed by atoms with Gasteiger partial charge in [-0.15, -0.1) is 0 Å². The Morgan fingerprint density at radius 2 is 1.45 bits per heavy atom.